The molecule has 7 nitrogen and oxygen atoms in total. The number of anilines is 2. The van der Waals surface area contributed by atoms with Gasteiger partial charge in [0.25, 0.3) is 0 Å². The monoisotopic (exact) mass is 429 g/mol. The molecular formula is C25H23N3O4. The summed E-state index contributed by atoms with van der Waals surface area (Å²) in [7, 11) is 0. The van der Waals surface area contributed by atoms with Crippen molar-refractivity contribution in [1.82, 2.24) is 9.97 Å². The van der Waals surface area contributed by atoms with Gasteiger partial charge in [0.05, 0.1) is 18.7 Å². The van der Waals surface area contributed by atoms with Crippen LogP contribution in [0.5, 0.6) is 17.2 Å². The van der Waals surface area contributed by atoms with E-state index in [1.807, 2.05) is 66.7 Å². The molecule has 1 aliphatic heterocycles. The first-order chi connectivity index (χ1) is 15.8. The molecule has 1 N–H and O–H groups in total. The van der Waals surface area contributed by atoms with Crippen LogP contribution >= 0.6 is 0 Å². The Morgan fingerprint density at radius 1 is 0.812 bits per heavy atom. The molecule has 1 aliphatic rings. The van der Waals surface area contributed by atoms with Gasteiger partial charge in [-0.1, -0.05) is 36.4 Å². The van der Waals surface area contributed by atoms with Crippen LogP contribution in [0.25, 0.3) is 10.9 Å². The summed E-state index contributed by atoms with van der Waals surface area (Å²) in [6.07, 6.45) is 1.53. The Morgan fingerprint density at radius 2 is 1.62 bits per heavy atom. The third-order valence-corrected chi connectivity index (χ3v) is 5.02. The molecule has 0 spiro atoms. The summed E-state index contributed by atoms with van der Waals surface area (Å²) in [6.45, 7) is 2.48. The molecule has 0 fully saturated rings. The van der Waals surface area contributed by atoms with Crippen LogP contribution in [-0.4, -0.2) is 36.4 Å². The number of hydrogen-bond acceptors (Lipinski definition) is 7. The second kappa shape index (κ2) is 9.53. The number of fused-ring (bicyclic) bond motifs is 2. The zero-order chi connectivity index (χ0) is 21.6. The second-order valence-corrected chi connectivity index (χ2v) is 7.27. The Bertz CT molecular complexity index is 1200. The fourth-order valence-corrected chi connectivity index (χ4v) is 3.45. The Hall–Kier alpha value is -3.84. The minimum Gasteiger partial charge on any atom is -0.489 e. The summed E-state index contributed by atoms with van der Waals surface area (Å²) < 4.78 is 23.1. The lowest BCUT2D eigenvalue weighted by molar-refractivity contribution is 0.0877. The predicted molar refractivity (Wildman–Crippen MR) is 122 cm³/mol. The molecule has 2 heterocycles. The maximum absolute atomic E-state index is 5.95. The average Bonchev–Trinajstić information content (AvgIpc) is 2.94. The zero-order valence-electron chi connectivity index (χ0n) is 17.5. The van der Waals surface area contributed by atoms with Crippen LogP contribution in [0.1, 0.15) is 5.56 Å². The van der Waals surface area contributed by atoms with Crippen LogP contribution in [0.2, 0.25) is 0 Å². The Labute approximate surface area is 185 Å². The first kappa shape index (κ1) is 20.1. The summed E-state index contributed by atoms with van der Waals surface area (Å²) in [6, 6.07) is 21.7. The van der Waals surface area contributed by atoms with Gasteiger partial charge in [-0.05, 0) is 23.8 Å². The van der Waals surface area contributed by atoms with Crippen LogP contribution in [-0.2, 0) is 11.3 Å². The lowest BCUT2D eigenvalue weighted by Gasteiger charge is -2.14. The van der Waals surface area contributed by atoms with Crippen molar-refractivity contribution in [3.63, 3.8) is 0 Å². The van der Waals surface area contributed by atoms with Crippen molar-refractivity contribution < 1.29 is 18.9 Å². The van der Waals surface area contributed by atoms with E-state index in [1.54, 1.807) is 0 Å². The van der Waals surface area contributed by atoms with Crippen LogP contribution < -0.4 is 19.5 Å². The first-order valence-corrected chi connectivity index (χ1v) is 10.5. The highest BCUT2D eigenvalue weighted by Gasteiger charge is 2.14. The first-order valence-electron chi connectivity index (χ1n) is 10.5. The molecule has 0 unspecified atom stereocenters. The Balaban J connectivity index is 1.39. The molecule has 7 heteroatoms. The molecule has 0 radical (unpaired) electrons. The van der Waals surface area contributed by atoms with Crippen molar-refractivity contribution >= 4 is 22.4 Å². The summed E-state index contributed by atoms with van der Waals surface area (Å²) in [4.78, 5) is 8.86. The summed E-state index contributed by atoms with van der Waals surface area (Å²) in [5, 5.41) is 4.22. The lowest BCUT2D eigenvalue weighted by Crippen LogP contribution is -2.08. The van der Waals surface area contributed by atoms with Gasteiger partial charge in [0.1, 0.15) is 37.7 Å². The minimum absolute atomic E-state index is 0.457. The number of benzene rings is 3. The molecule has 1 aromatic heterocycles. The van der Waals surface area contributed by atoms with Gasteiger partial charge >= 0.3 is 0 Å². The number of ether oxygens (including phenoxy) is 4. The second-order valence-electron chi connectivity index (χ2n) is 7.27. The van der Waals surface area contributed by atoms with Gasteiger partial charge in [-0.3, -0.25) is 0 Å². The Morgan fingerprint density at radius 3 is 2.47 bits per heavy atom. The van der Waals surface area contributed by atoms with E-state index in [9.17, 15) is 0 Å². The average molecular weight is 429 g/mol. The van der Waals surface area contributed by atoms with Crippen molar-refractivity contribution in [2.75, 3.05) is 31.7 Å². The number of rotatable bonds is 5. The van der Waals surface area contributed by atoms with Crippen molar-refractivity contribution in [2.45, 2.75) is 6.61 Å². The van der Waals surface area contributed by atoms with E-state index in [0.29, 0.717) is 50.4 Å². The third-order valence-electron chi connectivity index (χ3n) is 5.02. The highest BCUT2D eigenvalue weighted by atomic mass is 16.6. The highest BCUT2D eigenvalue weighted by Crippen LogP contribution is 2.35. The standard InChI is InChI=1S/C25H23N3O4/c1-2-5-18(6-3-1)16-32-20-8-4-7-19(13-20)28-25-21-14-23-24(15-22(21)26-17-27-25)31-12-10-29-9-11-30-23/h1-8,13-15,17H,9-12,16H2,(H,26,27,28). The van der Waals surface area contributed by atoms with Gasteiger partial charge in [0.15, 0.2) is 11.5 Å². The molecule has 162 valence electrons. The summed E-state index contributed by atoms with van der Waals surface area (Å²) >= 11 is 0. The molecule has 0 saturated heterocycles. The zero-order valence-corrected chi connectivity index (χ0v) is 17.5. The fraction of sp³-hybridized carbons (Fsp3) is 0.200. The molecule has 4 aromatic rings. The lowest BCUT2D eigenvalue weighted by atomic mass is 10.2. The predicted octanol–water partition coefficient (Wildman–Crippen LogP) is 4.74. The molecule has 0 aliphatic carbocycles. The van der Waals surface area contributed by atoms with Crippen LogP contribution in [0.3, 0.4) is 0 Å². The van der Waals surface area contributed by atoms with Gasteiger partial charge in [0, 0.05) is 23.2 Å². The number of aromatic nitrogens is 2. The van der Waals surface area contributed by atoms with Gasteiger partial charge in [-0.2, -0.15) is 0 Å². The highest BCUT2D eigenvalue weighted by molar-refractivity contribution is 5.93. The minimum atomic E-state index is 0.457. The van der Waals surface area contributed by atoms with Gasteiger partial charge in [-0.25, -0.2) is 9.97 Å². The number of nitrogens with one attached hydrogen (secondary N) is 1. The molecule has 0 atom stereocenters. The largest absolute Gasteiger partial charge is 0.489 e. The van der Waals surface area contributed by atoms with Gasteiger partial charge in [-0.15, -0.1) is 0 Å². The maximum Gasteiger partial charge on any atom is 0.163 e. The molecule has 3 aromatic carbocycles. The van der Waals surface area contributed by atoms with Gasteiger partial charge < -0.3 is 24.3 Å². The number of hydrogen-bond donors (Lipinski definition) is 1. The van der Waals surface area contributed by atoms with E-state index in [-0.39, 0.29) is 0 Å². The molecular weight excluding hydrogens is 406 g/mol. The topological polar surface area (TPSA) is 74.7 Å². The molecule has 0 amide bonds. The van der Waals surface area contributed by atoms with Crippen molar-refractivity contribution in [1.29, 1.82) is 0 Å². The quantitative estimate of drug-likeness (QED) is 0.491. The summed E-state index contributed by atoms with van der Waals surface area (Å²) in [5.41, 5.74) is 2.75. The molecule has 32 heavy (non-hydrogen) atoms. The van der Waals surface area contributed by atoms with Crippen molar-refractivity contribution in [3.05, 3.63) is 78.6 Å². The van der Waals surface area contributed by atoms with Crippen LogP contribution in [0.4, 0.5) is 11.5 Å². The van der Waals surface area contributed by atoms with Crippen LogP contribution in [0.15, 0.2) is 73.1 Å². The molecule has 0 saturated carbocycles. The smallest absolute Gasteiger partial charge is 0.163 e. The summed E-state index contributed by atoms with van der Waals surface area (Å²) in [5.74, 6) is 2.76. The van der Waals surface area contributed by atoms with E-state index in [1.165, 1.54) is 6.33 Å². The molecule has 5 rings (SSSR count). The fourth-order valence-electron chi connectivity index (χ4n) is 3.45. The van der Waals surface area contributed by atoms with E-state index in [2.05, 4.69) is 15.3 Å². The van der Waals surface area contributed by atoms with E-state index >= 15 is 0 Å². The van der Waals surface area contributed by atoms with Crippen molar-refractivity contribution in [2.24, 2.45) is 0 Å². The number of nitrogens with zero attached hydrogens (tertiary/aromatic N) is 2. The van der Waals surface area contributed by atoms with E-state index < -0.39 is 0 Å². The maximum atomic E-state index is 5.95. The van der Waals surface area contributed by atoms with Crippen LogP contribution in [0, 0.1) is 0 Å². The third kappa shape index (κ3) is 4.73. The normalized spacial score (nSPS) is 13.6. The molecule has 0 bridgehead atoms. The van der Waals surface area contributed by atoms with Crippen molar-refractivity contribution in [3.8, 4) is 17.2 Å². The SMILES string of the molecule is c1ccc(COc2cccc(Nc3ncnc4cc5c(cc34)OCCOCCO5)c2)cc1. The van der Waals surface area contributed by atoms with E-state index in [0.717, 1.165) is 27.9 Å². The van der Waals surface area contributed by atoms with Gasteiger partial charge in [0.2, 0.25) is 0 Å². The van der Waals surface area contributed by atoms with E-state index in [4.69, 9.17) is 18.9 Å². The Kier molecular flexibility index (Phi) is 5.98.